The highest BCUT2D eigenvalue weighted by molar-refractivity contribution is 7.89. The van der Waals surface area contributed by atoms with Crippen molar-refractivity contribution in [2.75, 3.05) is 26.2 Å². The number of hydrogen-bond acceptors (Lipinski definition) is 5. The predicted octanol–water partition coefficient (Wildman–Crippen LogP) is 3.16. The van der Waals surface area contributed by atoms with Crippen LogP contribution in [-0.2, 0) is 21.0 Å². The third kappa shape index (κ3) is 5.32. The number of nitro benzene ring substituents is 1. The number of nitrogens with zero attached hydrogens (tertiary/aromatic N) is 3. The molecule has 0 N–H and O–H groups in total. The molecular formula is C20H18F3N3O5S. The van der Waals surface area contributed by atoms with Gasteiger partial charge in [-0.15, -0.1) is 0 Å². The molecule has 0 spiro atoms. The zero-order chi connectivity index (χ0) is 23.5. The molecule has 0 radical (unpaired) electrons. The molecule has 1 aliphatic rings. The van der Waals surface area contributed by atoms with E-state index in [0.29, 0.717) is 0 Å². The van der Waals surface area contributed by atoms with E-state index in [-0.39, 0.29) is 42.3 Å². The summed E-state index contributed by atoms with van der Waals surface area (Å²) in [5, 5.41) is 10.9. The Morgan fingerprint density at radius 2 is 1.69 bits per heavy atom. The van der Waals surface area contributed by atoms with Gasteiger partial charge in [0.1, 0.15) is 0 Å². The van der Waals surface area contributed by atoms with Gasteiger partial charge in [-0.2, -0.15) is 17.5 Å². The second-order valence-corrected chi connectivity index (χ2v) is 8.88. The summed E-state index contributed by atoms with van der Waals surface area (Å²) in [7, 11) is -3.97. The van der Waals surface area contributed by atoms with Gasteiger partial charge in [0.05, 0.1) is 15.4 Å². The minimum atomic E-state index is -4.49. The average Bonchev–Trinajstić information content (AvgIpc) is 2.77. The molecule has 1 fully saturated rings. The van der Waals surface area contributed by atoms with Gasteiger partial charge in [-0.05, 0) is 29.8 Å². The molecule has 1 heterocycles. The van der Waals surface area contributed by atoms with Crippen molar-refractivity contribution < 1.29 is 31.3 Å². The molecule has 1 aliphatic heterocycles. The summed E-state index contributed by atoms with van der Waals surface area (Å²) < 4.78 is 65.0. The van der Waals surface area contributed by atoms with Crippen molar-refractivity contribution in [3.8, 4) is 0 Å². The van der Waals surface area contributed by atoms with Gasteiger partial charge in [-0.25, -0.2) is 8.42 Å². The van der Waals surface area contributed by atoms with Crippen molar-refractivity contribution >= 4 is 27.7 Å². The Bertz CT molecular complexity index is 1160. The molecule has 170 valence electrons. The Kier molecular flexibility index (Phi) is 6.65. The maximum absolute atomic E-state index is 12.8. The lowest BCUT2D eigenvalue weighted by Gasteiger charge is -2.33. The number of piperazine rings is 1. The summed E-state index contributed by atoms with van der Waals surface area (Å²) in [6.07, 6.45) is -2.08. The first kappa shape index (κ1) is 23.4. The highest BCUT2D eigenvalue weighted by Crippen LogP contribution is 2.29. The molecule has 3 rings (SSSR count). The predicted molar refractivity (Wildman–Crippen MR) is 109 cm³/mol. The van der Waals surface area contributed by atoms with E-state index in [1.807, 2.05) is 0 Å². The number of carbonyl (C=O) groups is 1. The summed E-state index contributed by atoms with van der Waals surface area (Å²) in [4.78, 5) is 23.7. The Hall–Kier alpha value is -3.25. The molecule has 8 nitrogen and oxygen atoms in total. The SMILES string of the molecule is O=C(/C=C/c1cccc(C(F)(F)F)c1)N1CCN(S(=O)(=O)c2cccc([N+](=O)[O-])c2)CC1. The van der Waals surface area contributed by atoms with Gasteiger partial charge in [0.25, 0.3) is 5.69 Å². The number of sulfonamides is 1. The molecule has 0 aromatic heterocycles. The van der Waals surface area contributed by atoms with Gasteiger partial charge < -0.3 is 4.90 Å². The van der Waals surface area contributed by atoms with Gasteiger partial charge >= 0.3 is 6.18 Å². The van der Waals surface area contributed by atoms with E-state index >= 15 is 0 Å². The largest absolute Gasteiger partial charge is 0.416 e. The van der Waals surface area contributed by atoms with Gasteiger partial charge in [-0.3, -0.25) is 14.9 Å². The molecule has 1 saturated heterocycles. The molecule has 0 bridgehead atoms. The second-order valence-electron chi connectivity index (χ2n) is 6.94. The summed E-state index contributed by atoms with van der Waals surface area (Å²) in [5.74, 6) is -0.463. The van der Waals surface area contributed by atoms with Crippen molar-refractivity contribution in [1.82, 2.24) is 9.21 Å². The quantitative estimate of drug-likeness (QED) is 0.380. The van der Waals surface area contributed by atoms with Gasteiger partial charge in [-0.1, -0.05) is 18.2 Å². The minimum absolute atomic E-state index is 0.0197. The van der Waals surface area contributed by atoms with Crippen molar-refractivity contribution in [2.45, 2.75) is 11.1 Å². The van der Waals surface area contributed by atoms with Crippen LogP contribution in [0.5, 0.6) is 0 Å². The van der Waals surface area contributed by atoms with Crippen molar-refractivity contribution in [3.05, 3.63) is 75.8 Å². The molecule has 0 aliphatic carbocycles. The molecule has 0 saturated carbocycles. The van der Waals surface area contributed by atoms with Crippen molar-refractivity contribution in [2.24, 2.45) is 0 Å². The first-order chi connectivity index (χ1) is 15.0. The fourth-order valence-corrected chi connectivity index (χ4v) is 4.61. The Morgan fingerprint density at radius 3 is 2.31 bits per heavy atom. The standard InChI is InChI=1S/C20H18F3N3O5S/c21-20(22,23)16-4-1-3-15(13-16)7-8-19(27)24-9-11-25(12-10-24)32(30,31)18-6-2-5-17(14-18)26(28)29/h1-8,13-14H,9-12H2/b8-7+. The van der Waals surface area contributed by atoms with E-state index in [4.69, 9.17) is 0 Å². The minimum Gasteiger partial charge on any atom is -0.337 e. The van der Waals surface area contributed by atoms with Gasteiger partial charge in [0.2, 0.25) is 15.9 Å². The monoisotopic (exact) mass is 469 g/mol. The molecule has 0 atom stereocenters. The molecule has 32 heavy (non-hydrogen) atoms. The van der Waals surface area contributed by atoms with Crippen LogP contribution in [0.3, 0.4) is 0 Å². The summed E-state index contributed by atoms with van der Waals surface area (Å²) >= 11 is 0. The first-order valence-electron chi connectivity index (χ1n) is 9.37. The zero-order valence-corrected chi connectivity index (χ0v) is 17.3. The van der Waals surface area contributed by atoms with Crippen LogP contribution in [0.25, 0.3) is 6.08 Å². The summed E-state index contributed by atoms with van der Waals surface area (Å²) in [6, 6.07) is 9.23. The van der Waals surface area contributed by atoms with Crippen LogP contribution < -0.4 is 0 Å². The van der Waals surface area contributed by atoms with E-state index in [2.05, 4.69) is 0 Å². The smallest absolute Gasteiger partial charge is 0.337 e. The second kappa shape index (κ2) is 9.09. The number of amides is 1. The van der Waals surface area contributed by atoms with E-state index in [0.717, 1.165) is 28.6 Å². The lowest BCUT2D eigenvalue weighted by atomic mass is 10.1. The molecule has 0 unspecified atom stereocenters. The topological polar surface area (TPSA) is 101 Å². The number of rotatable bonds is 5. The number of hydrogen-bond donors (Lipinski definition) is 0. The lowest BCUT2D eigenvalue weighted by Crippen LogP contribution is -2.50. The number of nitro groups is 1. The van der Waals surface area contributed by atoms with Crippen molar-refractivity contribution in [1.29, 1.82) is 0 Å². The van der Waals surface area contributed by atoms with Crippen LogP contribution in [-0.4, -0.2) is 54.6 Å². The van der Waals surface area contributed by atoms with E-state index in [9.17, 15) is 36.5 Å². The fourth-order valence-electron chi connectivity index (χ4n) is 3.15. The Morgan fingerprint density at radius 1 is 1.03 bits per heavy atom. The zero-order valence-electron chi connectivity index (χ0n) is 16.5. The number of halogens is 3. The summed E-state index contributed by atoms with van der Waals surface area (Å²) in [6.45, 7) is 0.0994. The van der Waals surface area contributed by atoms with Crippen LogP contribution in [0, 0.1) is 10.1 Å². The first-order valence-corrected chi connectivity index (χ1v) is 10.8. The van der Waals surface area contributed by atoms with Crippen LogP contribution in [0.15, 0.2) is 59.5 Å². The Labute approximate surface area is 181 Å². The molecule has 1 amide bonds. The maximum atomic E-state index is 12.8. The van der Waals surface area contributed by atoms with E-state index in [1.165, 1.54) is 41.3 Å². The molecule has 12 heteroatoms. The third-order valence-corrected chi connectivity index (χ3v) is 6.74. The van der Waals surface area contributed by atoms with E-state index < -0.39 is 32.6 Å². The third-order valence-electron chi connectivity index (χ3n) is 4.85. The van der Waals surface area contributed by atoms with Gasteiger partial charge in [0.15, 0.2) is 0 Å². The molecular weight excluding hydrogens is 451 g/mol. The number of non-ortho nitro benzene ring substituents is 1. The molecule has 2 aromatic rings. The van der Waals surface area contributed by atoms with Crippen LogP contribution in [0.2, 0.25) is 0 Å². The van der Waals surface area contributed by atoms with Crippen LogP contribution in [0.1, 0.15) is 11.1 Å². The van der Waals surface area contributed by atoms with Gasteiger partial charge in [0, 0.05) is 44.4 Å². The van der Waals surface area contributed by atoms with Crippen LogP contribution in [0.4, 0.5) is 18.9 Å². The fraction of sp³-hybridized carbons (Fsp3) is 0.250. The van der Waals surface area contributed by atoms with Crippen molar-refractivity contribution in [3.63, 3.8) is 0 Å². The van der Waals surface area contributed by atoms with Crippen LogP contribution >= 0.6 is 0 Å². The normalized spacial score (nSPS) is 15.8. The highest BCUT2D eigenvalue weighted by atomic mass is 32.2. The average molecular weight is 469 g/mol. The summed E-state index contributed by atoms with van der Waals surface area (Å²) in [5.41, 5.74) is -0.966. The van der Waals surface area contributed by atoms with E-state index in [1.54, 1.807) is 0 Å². The number of benzene rings is 2. The lowest BCUT2D eigenvalue weighted by molar-refractivity contribution is -0.385. The highest BCUT2D eigenvalue weighted by Gasteiger charge is 2.31. The molecule has 2 aromatic carbocycles. The number of alkyl halides is 3. The Balaban J connectivity index is 1.64. The number of carbonyl (C=O) groups excluding carboxylic acids is 1. The maximum Gasteiger partial charge on any atom is 0.416 e.